The van der Waals surface area contributed by atoms with Crippen molar-refractivity contribution in [1.29, 1.82) is 0 Å². The van der Waals surface area contributed by atoms with E-state index in [9.17, 15) is 4.79 Å². The smallest absolute Gasteiger partial charge is 0.192 e. The summed E-state index contributed by atoms with van der Waals surface area (Å²) < 4.78 is 7.81. The second-order valence-corrected chi connectivity index (χ2v) is 11.4. The molecule has 108 valence electrons. The maximum atomic E-state index is 11.3. The number of ketones is 1. The molecule has 0 radical (unpaired) electrons. The van der Waals surface area contributed by atoms with Crippen LogP contribution in [0.4, 0.5) is 0 Å². The second kappa shape index (κ2) is 5.59. The van der Waals surface area contributed by atoms with Crippen LogP contribution < -0.4 is 0 Å². The first-order valence-electron chi connectivity index (χ1n) is 6.73. The molecular formula is C14H26N2O2Si. The van der Waals surface area contributed by atoms with Crippen LogP contribution in [0.2, 0.25) is 18.1 Å². The van der Waals surface area contributed by atoms with Crippen molar-refractivity contribution in [3.8, 4) is 0 Å². The minimum atomic E-state index is -1.74. The third kappa shape index (κ3) is 4.01. The first kappa shape index (κ1) is 16.1. The lowest BCUT2D eigenvalue weighted by atomic mass is 10.2. The number of nitrogens with zero attached hydrogens (tertiary/aromatic N) is 2. The van der Waals surface area contributed by atoms with Gasteiger partial charge in [0, 0.05) is 6.20 Å². The molecule has 0 fully saturated rings. The first-order valence-corrected chi connectivity index (χ1v) is 9.64. The lowest BCUT2D eigenvalue weighted by Crippen LogP contribution is -2.40. The molecule has 0 saturated carbocycles. The van der Waals surface area contributed by atoms with E-state index >= 15 is 0 Å². The lowest BCUT2D eigenvalue weighted by molar-refractivity contribution is -0.119. The molecule has 1 aromatic heterocycles. The maximum absolute atomic E-state index is 11.3. The molecule has 0 aliphatic heterocycles. The zero-order valence-corrected chi connectivity index (χ0v) is 14.2. The van der Waals surface area contributed by atoms with Gasteiger partial charge in [-0.25, -0.2) is 0 Å². The van der Waals surface area contributed by atoms with Crippen molar-refractivity contribution in [2.45, 2.75) is 65.4 Å². The van der Waals surface area contributed by atoms with E-state index in [1.54, 1.807) is 11.6 Å². The van der Waals surface area contributed by atoms with Gasteiger partial charge in [-0.2, -0.15) is 5.10 Å². The van der Waals surface area contributed by atoms with Gasteiger partial charge in [0.25, 0.3) is 0 Å². The number of carbonyl (C=O) groups is 1. The van der Waals surface area contributed by atoms with Crippen LogP contribution in [0, 0.1) is 0 Å². The van der Waals surface area contributed by atoms with Crippen LogP contribution >= 0.6 is 0 Å². The molecule has 0 aliphatic carbocycles. The molecule has 0 aromatic carbocycles. The zero-order valence-electron chi connectivity index (χ0n) is 13.2. The van der Waals surface area contributed by atoms with Gasteiger partial charge in [0.1, 0.15) is 6.04 Å². The Labute approximate surface area is 117 Å². The van der Waals surface area contributed by atoms with Crippen LogP contribution in [-0.2, 0) is 15.8 Å². The number of hydrogen-bond acceptors (Lipinski definition) is 3. The van der Waals surface area contributed by atoms with Crippen LogP contribution in [0.5, 0.6) is 0 Å². The highest BCUT2D eigenvalue weighted by Gasteiger charge is 2.37. The minimum absolute atomic E-state index is 0.111. The number of hydrogen-bond donors (Lipinski definition) is 0. The fourth-order valence-corrected chi connectivity index (χ4v) is 2.27. The average Bonchev–Trinajstić information content (AvgIpc) is 2.72. The number of aromatic nitrogens is 2. The highest BCUT2D eigenvalue weighted by atomic mass is 28.4. The SMILES string of the molecule is CC(=O)C(C)n1ccc(CO[Si](C)(C)C(C)(C)C)n1. The molecular weight excluding hydrogens is 256 g/mol. The fraction of sp³-hybridized carbons (Fsp3) is 0.714. The summed E-state index contributed by atoms with van der Waals surface area (Å²) in [4.78, 5) is 11.3. The van der Waals surface area contributed by atoms with Gasteiger partial charge in [-0.15, -0.1) is 0 Å². The maximum Gasteiger partial charge on any atom is 0.192 e. The molecule has 5 heteroatoms. The van der Waals surface area contributed by atoms with Crippen molar-refractivity contribution >= 4 is 14.1 Å². The van der Waals surface area contributed by atoms with Crippen LogP contribution in [0.15, 0.2) is 12.3 Å². The molecule has 1 unspecified atom stereocenters. The molecule has 0 spiro atoms. The molecule has 1 rings (SSSR count). The van der Waals surface area contributed by atoms with Gasteiger partial charge in [-0.3, -0.25) is 9.48 Å². The standard InChI is InChI=1S/C14H26N2O2Si/c1-11(12(2)17)16-9-8-13(15-16)10-18-19(6,7)14(3,4)5/h8-9,11H,10H2,1-7H3. The van der Waals surface area contributed by atoms with E-state index in [0.29, 0.717) is 6.61 Å². The van der Waals surface area contributed by atoms with Crippen LogP contribution in [0.3, 0.4) is 0 Å². The van der Waals surface area contributed by atoms with Crippen molar-refractivity contribution in [3.63, 3.8) is 0 Å². The Hall–Kier alpha value is -0.943. The number of Topliss-reactive ketones (excluding diaryl/α,β-unsaturated/α-hetero) is 1. The molecule has 0 N–H and O–H groups in total. The van der Waals surface area contributed by atoms with E-state index in [4.69, 9.17) is 4.43 Å². The van der Waals surface area contributed by atoms with Crippen LogP contribution in [0.1, 0.15) is 46.4 Å². The van der Waals surface area contributed by atoms with Gasteiger partial charge < -0.3 is 4.43 Å². The van der Waals surface area contributed by atoms with E-state index < -0.39 is 8.32 Å². The molecule has 0 amide bonds. The van der Waals surface area contributed by atoms with E-state index in [1.165, 1.54) is 0 Å². The van der Waals surface area contributed by atoms with Crippen molar-refractivity contribution in [3.05, 3.63) is 18.0 Å². The topological polar surface area (TPSA) is 44.1 Å². The predicted molar refractivity (Wildman–Crippen MR) is 79.6 cm³/mol. The van der Waals surface area contributed by atoms with Crippen LogP contribution in [-0.4, -0.2) is 23.9 Å². The highest BCUT2D eigenvalue weighted by molar-refractivity contribution is 6.74. The van der Waals surface area contributed by atoms with Gasteiger partial charge in [0.05, 0.1) is 12.3 Å². The molecule has 0 bridgehead atoms. The summed E-state index contributed by atoms with van der Waals surface area (Å²) in [7, 11) is -1.74. The largest absolute Gasteiger partial charge is 0.411 e. The van der Waals surface area contributed by atoms with Crippen molar-refractivity contribution in [1.82, 2.24) is 9.78 Å². The molecule has 0 saturated heterocycles. The predicted octanol–water partition coefficient (Wildman–Crippen LogP) is 3.55. The summed E-state index contributed by atoms with van der Waals surface area (Å²) in [5, 5.41) is 4.61. The first-order chi connectivity index (χ1) is 8.54. The Balaban J connectivity index is 2.68. The van der Waals surface area contributed by atoms with Crippen molar-refractivity contribution in [2.75, 3.05) is 0 Å². The zero-order chi connectivity index (χ0) is 14.8. The summed E-state index contributed by atoms with van der Waals surface area (Å²) in [5.41, 5.74) is 0.887. The van der Waals surface area contributed by atoms with Gasteiger partial charge in [0.2, 0.25) is 0 Å². The molecule has 19 heavy (non-hydrogen) atoms. The summed E-state index contributed by atoms with van der Waals surface area (Å²) in [6.07, 6.45) is 1.84. The quantitative estimate of drug-likeness (QED) is 0.776. The van der Waals surface area contributed by atoms with Gasteiger partial charge in [-0.1, -0.05) is 20.8 Å². The Kier molecular flexibility index (Phi) is 4.74. The second-order valence-electron chi connectivity index (χ2n) is 6.62. The van der Waals surface area contributed by atoms with Gasteiger partial charge in [0.15, 0.2) is 14.1 Å². The van der Waals surface area contributed by atoms with Crippen molar-refractivity contribution < 1.29 is 9.22 Å². The van der Waals surface area contributed by atoms with E-state index in [-0.39, 0.29) is 16.9 Å². The summed E-state index contributed by atoms with van der Waals surface area (Å²) in [6.45, 7) is 15.1. The minimum Gasteiger partial charge on any atom is -0.411 e. The summed E-state index contributed by atoms with van der Waals surface area (Å²) >= 11 is 0. The Bertz CT molecular complexity index is 447. The molecule has 1 atom stereocenters. The van der Waals surface area contributed by atoms with E-state index in [0.717, 1.165) is 5.69 Å². The Morgan fingerprint density at radius 3 is 2.53 bits per heavy atom. The Morgan fingerprint density at radius 2 is 2.05 bits per heavy atom. The molecule has 1 heterocycles. The van der Waals surface area contributed by atoms with E-state index in [1.807, 2.05) is 19.2 Å². The van der Waals surface area contributed by atoms with Gasteiger partial charge >= 0.3 is 0 Å². The third-order valence-electron chi connectivity index (χ3n) is 4.04. The van der Waals surface area contributed by atoms with Gasteiger partial charge in [-0.05, 0) is 38.0 Å². The molecule has 4 nitrogen and oxygen atoms in total. The number of carbonyl (C=O) groups excluding carboxylic acids is 1. The Morgan fingerprint density at radius 1 is 1.47 bits per heavy atom. The highest BCUT2D eigenvalue weighted by Crippen LogP contribution is 2.36. The summed E-state index contributed by atoms with van der Waals surface area (Å²) in [6, 6.07) is 1.72. The molecule has 1 aromatic rings. The summed E-state index contributed by atoms with van der Waals surface area (Å²) in [5.74, 6) is 0.111. The van der Waals surface area contributed by atoms with E-state index in [2.05, 4.69) is 39.0 Å². The number of rotatable bonds is 5. The molecule has 0 aliphatic rings. The monoisotopic (exact) mass is 282 g/mol. The lowest BCUT2D eigenvalue weighted by Gasteiger charge is -2.35. The van der Waals surface area contributed by atoms with Crippen molar-refractivity contribution in [2.24, 2.45) is 0 Å². The average molecular weight is 282 g/mol. The van der Waals surface area contributed by atoms with Crippen LogP contribution in [0.25, 0.3) is 0 Å². The third-order valence-corrected chi connectivity index (χ3v) is 8.51. The fourth-order valence-electron chi connectivity index (χ4n) is 1.33. The normalized spacial score (nSPS) is 14.5.